The Morgan fingerprint density at radius 2 is 1.92 bits per heavy atom. The van der Waals surface area contributed by atoms with Crippen LogP contribution in [0.4, 0.5) is 11.4 Å². The molecule has 0 radical (unpaired) electrons. The van der Waals surface area contributed by atoms with Gasteiger partial charge >= 0.3 is 11.9 Å². The SMILES string of the molecule is COC(=O)/C=C(/Nc1c(Br)cc(C(N)=O)cc1[N+](=O)[O-])C(=O)OC. The standard InChI is InChI=1S/C13H12BrN3O7/c1-23-10(18)5-8(13(20)24-2)16-11-7(14)3-6(12(15)19)4-9(11)17(21)22/h3-5,16H,1-2H3,(H2,15,19)/b8-5+. The molecule has 0 unspecified atom stereocenters. The van der Waals surface area contributed by atoms with Gasteiger partial charge in [-0.3, -0.25) is 14.9 Å². The molecule has 1 aromatic carbocycles. The summed E-state index contributed by atoms with van der Waals surface area (Å²) >= 11 is 3.05. The topological polar surface area (TPSA) is 151 Å². The Morgan fingerprint density at radius 3 is 2.38 bits per heavy atom. The number of hydrogen-bond donors (Lipinski definition) is 2. The van der Waals surface area contributed by atoms with Gasteiger partial charge in [0.05, 0.1) is 25.2 Å². The molecular formula is C13H12BrN3O7. The smallest absolute Gasteiger partial charge is 0.354 e. The number of carbonyl (C=O) groups is 3. The number of nitrogens with zero attached hydrogens (tertiary/aromatic N) is 1. The van der Waals surface area contributed by atoms with Gasteiger partial charge in [0.25, 0.3) is 5.69 Å². The molecule has 0 saturated heterocycles. The lowest BCUT2D eigenvalue weighted by molar-refractivity contribution is -0.384. The van der Waals surface area contributed by atoms with E-state index >= 15 is 0 Å². The molecule has 24 heavy (non-hydrogen) atoms. The minimum Gasteiger partial charge on any atom is -0.466 e. The third-order valence-electron chi connectivity index (χ3n) is 2.68. The van der Waals surface area contributed by atoms with Crippen LogP contribution in [-0.2, 0) is 19.1 Å². The molecule has 0 fully saturated rings. The zero-order valence-electron chi connectivity index (χ0n) is 12.5. The van der Waals surface area contributed by atoms with E-state index in [0.29, 0.717) is 0 Å². The van der Waals surface area contributed by atoms with Crippen LogP contribution in [0.2, 0.25) is 0 Å². The molecule has 1 rings (SSSR count). The van der Waals surface area contributed by atoms with Crippen LogP contribution in [0.5, 0.6) is 0 Å². The Bertz CT molecular complexity index is 745. The van der Waals surface area contributed by atoms with Crippen LogP contribution in [0.15, 0.2) is 28.4 Å². The van der Waals surface area contributed by atoms with Crippen LogP contribution in [0, 0.1) is 10.1 Å². The Hall–Kier alpha value is -2.95. The Morgan fingerprint density at radius 1 is 1.29 bits per heavy atom. The van der Waals surface area contributed by atoms with Gasteiger partial charge in [0, 0.05) is 16.1 Å². The van der Waals surface area contributed by atoms with Crippen molar-refractivity contribution in [2.45, 2.75) is 0 Å². The fourth-order valence-corrected chi connectivity index (χ4v) is 2.12. The first kappa shape index (κ1) is 19.1. The maximum atomic E-state index is 11.7. The molecule has 0 atom stereocenters. The second-order valence-corrected chi connectivity index (χ2v) is 5.03. The second-order valence-electron chi connectivity index (χ2n) is 4.17. The zero-order chi connectivity index (χ0) is 18.4. The van der Waals surface area contributed by atoms with Crippen molar-refractivity contribution >= 4 is 45.2 Å². The minimum absolute atomic E-state index is 0.0742. The molecule has 3 N–H and O–H groups in total. The fourth-order valence-electron chi connectivity index (χ4n) is 1.57. The second kappa shape index (κ2) is 8.06. The highest BCUT2D eigenvalue weighted by Crippen LogP contribution is 2.35. The summed E-state index contributed by atoms with van der Waals surface area (Å²) in [6.45, 7) is 0. The lowest BCUT2D eigenvalue weighted by Crippen LogP contribution is -2.17. The molecule has 0 heterocycles. The number of rotatable bonds is 6. The first-order valence-corrected chi connectivity index (χ1v) is 6.93. The van der Waals surface area contributed by atoms with Crippen molar-refractivity contribution in [3.63, 3.8) is 0 Å². The average Bonchev–Trinajstić information content (AvgIpc) is 2.53. The van der Waals surface area contributed by atoms with Crippen LogP contribution in [-0.4, -0.2) is 37.0 Å². The van der Waals surface area contributed by atoms with Gasteiger partial charge < -0.3 is 20.5 Å². The van der Waals surface area contributed by atoms with E-state index in [0.717, 1.165) is 26.4 Å². The molecule has 0 aliphatic rings. The van der Waals surface area contributed by atoms with Crippen molar-refractivity contribution in [1.29, 1.82) is 0 Å². The van der Waals surface area contributed by atoms with Gasteiger partial charge in [0.2, 0.25) is 5.91 Å². The lowest BCUT2D eigenvalue weighted by atomic mass is 10.1. The Balaban J connectivity index is 3.46. The van der Waals surface area contributed by atoms with E-state index in [1.54, 1.807) is 0 Å². The number of nitro groups is 1. The average molecular weight is 402 g/mol. The van der Waals surface area contributed by atoms with Gasteiger partial charge in [-0.2, -0.15) is 0 Å². The molecular weight excluding hydrogens is 390 g/mol. The number of benzene rings is 1. The van der Waals surface area contributed by atoms with Crippen molar-refractivity contribution in [3.8, 4) is 0 Å². The molecule has 1 aromatic rings. The number of halogens is 1. The largest absolute Gasteiger partial charge is 0.466 e. The first-order valence-electron chi connectivity index (χ1n) is 6.14. The van der Waals surface area contributed by atoms with E-state index in [1.165, 1.54) is 6.07 Å². The molecule has 0 aliphatic heterocycles. The van der Waals surface area contributed by atoms with Gasteiger partial charge in [-0.15, -0.1) is 0 Å². The lowest BCUT2D eigenvalue weighted by Gasteiger charge is -2.12. The molecule has 0 spiro atoms. The van der Waals surface area contributed by atoms with Crippen molar-refractivity contribution < 1.29 is 28.8 Å². The molecule has 1 amide bonds. The van der Waals surface area contributed by atoms with Crippen LogP contribution >= 0.6 is 15.9 Å². The molecule has 128 valence electrons. The van der Waals surface area contributed by atoms with Crippen LogP contribution in [0.1, 0.15) is 10.4 Å². The summed E-state index contributed by atoms with van der Waals surface area (Å²) in [5.41, 5.74) is 3.87. The number of methoxy groups -OCH3 is 2. The number of primary amides is 1. The Labute approximate surface area is 143 Å². The summed E-state index contributed by atoms with van der Waals surface area (Å²) in [6, 6.07) is 2.16. The van der Waals surface area contributed by atoms with Gasteiger partial charge in [-0.25, -0.2) is 9.59 Å². The van der Waals surface area contributed by atoms with Gasteiger partial charge in [-0.05, 0) is 22.0 Å². The summed E-state index contributed by atoms with van der Waals surface area (Å²) in [7, 11) is 2.16. The molecule has 0 bridgehead atoms. The van der Waals surface area contributed by atoms with Crippen LogP contribution in [0.3, 0.4) is 0 Å². The summed E-state index contributed by atoms with van der Waals surface area (Å²) in [5.74, 6) is -2.71. The molecule has 11 heteroatoms. The van der Waals surface area contributed by atoms with E-state index in [2.05, 4.69) is 30.7 Å². The summed E-state index contributed by atoms with van der Waals surface area (Å²) in [6.07, 6.45) is 0.768. The van der Waals surface area contributed by atoms with Crippen molar-refractivity contribution in [2.24, 2.45) is 5.73 Å². The van der Waals surface area contributed by atoms with Gasteiger partial charge in [-0.1, -0.05) is 0 Å². The van der Waals surface area contributed by atoms with Gasteiger partial charge in [0.1, 0.15) is 11.4 Å². The van der Waals surface area contributed by atoms with Crippen molar-refractivity contribution in [3.05, 3.63) is 44.1 Å². The number of anilines is 1. The zero-order valence-corrected chi connectivity index (χ0v) is 14.1. The first-order chi connectivity index (χ1) is 11.2. The number of nitrogens with one attached hydrogen (secondary N) is 1. The van der Waals surface area contributed by atoms with Gasteiger partial charge in [0.15, 0.2) is 0 Å². The Kier molecular flexibility index (Phi) is 6.41. The van der Waals surface area contributed by atoms with E-state index in [9.17, 15) is 24.5 Å². The predicted octanol–water partition coefficient (Wildman–Crippen LogP) is 1.10. The highest BCUT2D eigenvalue weighted by molar-refractivity contribution is 9.10. The van der Waals surface area contributed by atoms with E-state index < -0.39 is 34.2 Å². The molecule has 10 nitrogen and oxygen atoms in total. The van der Waals surface area contributed by atoms with E-state index in [4.69, 9.17) is 5.73 Å². The van der Waals surface area contributed by atoms with Crippen LogP contribution in [0.25, 0.3) is 0 Å². The normalized spacial score (nSPS) is 10.7. The van der Waals surface area contributed by atoms with E-state index in [-0.39, 0.29) is 15.7 Å². The monoisotopic (exact) mass is 401 g/mol. The number of ether oxygens (including phenoxy) is 2. The maximum absolute atomic E-state index is 11.7. The molecule has 0 aromatic heterocycles. The third-order valence-corrected chi connectivity index (χ3v) is 3.30. The molecule has 0 aliphatic carbocycles. The van der Waals surface area contributed by atoms with E-state index in [1.807, 2.05) is 0 Å². The summed E-state index contributed by atoms with van der Waals surface area (Å²) in [5, 5.41) is 13.6. The predicted molar refractivity (Wildman–Crippen MR) is 85.1 cm³/mol. The number of nitrogens with two attached hydrogens (primary N) is 1. The fraction of sp³-hybridized carbons (Fsp3) is 0.154. The number of esters is 2. The third kappa shape index (κ3) is 4.52. The summed E-state index contributed by atoms with van der Waals surface area (Å²) in [4.78, 5) is 44.7. The number of amides is 1. The summed E-state index contributed by atoms with van der Waals surface area (Å²) < 4.78 is 8.97. The highest BCUT2D eigenvalue weighted by Gasteiger charge is 2.24. The molecule has 0 saturated carbocycles. The number of carbonyl (C=O) groups excluding carboxylic acids is 3. The van der Waals surface area contributed by atoms with Crippen LogP contribution < -0.4 is 11.1 Å². The number of hydrogen-bond acceptors (Lipinski definition) is 8. The van der Waals surface area contributed by atoms with Crippen molar-refractivity contribution in [1.82, 2.24) is 0 Å². The quantitative estimate of drug-likeness (QED) is 0.311. The number of nitro benzene ring substituents is 1. The highest BCUT2D eigenvalue weighted by atomic mass is 79.9. The van der Waals surface area contributed by atoms with Crippen molar-refractivity contribution in [2.75, 3.05) is 19.5 Å². The maximum Gasteiger partial charge on any atom is 0.354 e. The minimum atomic E-state index is -0.958.